The van der Waals surface area contributed by atoms with Gasteiger partial charge in [0.05, 0.1) is 12.7 Å². The predicted molar refractivity (Wildman–Crippen MR) is 105 cm³/mol. The van der Waals surface area contributed by atoms with E-state index in [1.54, 1.807) is 13.0 Å². The number of carbonyl (C=O) groups is 2. The van der Waals surface area contributed by atoms with Crippen LogP contribution in [0.2, 0.25) is 0 Å². The first-order chi connectivity index (χ1) is 13.1. The van der Waals surface area contributed by atoms with Crippen LogP contribution < -0.4 is 0 Å². The molecule has 154 valence electrons. The lowest BCUT2D eigenvalue weighted by Crippen LogP contribution is -2.58. The summed E-state index contributed by atoms with van der Waals surface area (Å²) in [7, 11) is 0. The predicted octanol–water partition coefficient (Wildman–Crippen LogP) is 3.52. The fourth-order valence-electron chi connectivity index (χ4n) is 7.11. The van der Waals surface area contributed by atoms with E-state index < -0.39 is 23.1 Å². The van der Waals surface area contributed by atoms with E-state index in [1.165, 1.54) is 5.57 Å². The van der Waals surface area contributed by atoms with Crippen molar-refractivity contribution in [2.24, 2.45) is 28.6 Å². The molecule has 4 aliphatic carbocycles. The van der Waals surface area contributed by atoms with Gasteiger partial charge in [-0.05, 0) is 75.4 Å². The molecule has 3 saturated carbocycles. The smallest absolute Gasteiger partial charge is 0.336 e. The van der Waals surface area contributed by atoms with Crippen LogP contribution in [-0.2, 0) is 14.3 Å². The fourth-order valence-corrected chi connectivity index (χ4v) is 7.11. The summed E-state index contributed by atoms with van der Waals surface area (Å²) in [5, 5.41) is 19.9. The first kappa shape index (κ1) is 19.8. The number of fused-ring (bicyclic) bond motifs is 5. The van der Waals surface area contributed by atoms with Gasteiger partial charge in [0.2, 0.25) is 0 Å². The third kappa shape index (κ3) is 2.58. The number of rotatable bonds is 4. The summed E-state index contributed by atoms with van der Waals surface area (Å²) in [6, 6.07) is 0. The lowest BCUT2D eigenvalue weighted by atomic mass is 9.47. The molecule has 0 aliphatic heterocycles. The van der Waals surface area contributed by atoms with Gasteiger partial charge in [-0.3, -0.25) is 4.79 Å². The van der Waals surface area contributed by atoms with E-state index >= 15 is 0 Å². The number of allylic oxidation sites excluding steroid dienone is 4. The molecule has 2 N–H and O–H groups in total. The number of ether oxygens (including phenoxy) is 1. The van der Waals surface area contributed by atoms with Gasteiger partial charge in [-0.2, -0.15) is 0 Å². The molecule has 0 spiro atoms. The number of aliphatic carboxylic acids is 1. The Hall–Kier alpha value is -1.46. The summed E-state index contributed by atoms with van der Waals surface area (Å²) in [5.41, 5.74) is -0.485. The third-order valence-corrected chi connectivity index (χ3v) is 8.59. The number of aliphatic hydroxyl groups excluding tert-OH is 1. The van der Waals surface area contributed by atoms with Gasteiger partial charge in [0, 0.05) is 10.8 Å². The molecule has 0 aromatic carbocycles. The van der Waals surface area contributed by atoms with Crippen LogP contribution in [0.4, 0.5) is 0 Å². The number of carboxylic acids is 1. The first-order valence-electron chi connectivity index (χ1n) is 10.6. The maximum atomic E-state index is 12.4. The molecule has 0 bridgehead atoms. The normalized spacial score (nSPS) is 45.6. The number of carbonyl (C=O) groups excluding carboxylic acids is 1. The van der Waals surface area contributed by atoms with Crippen molar-refractivity contribution in [3.8, 4) is 0 Å². The minimum Gasteiger partial charge on any atom is -0.479 e. The summed E-state index contributed by atoms with van der Waals surface area (Å²) in [5.74, 6) is 0.374. The van der Waals surface area contributed by atoms with Crippen LogP contribution in [0, 0.1) is 28.6 Å². The van der Waals surface area contributed by atoms with E-state index in [1.807, 2.05) is 6.08 Å². The topological polar surface area (TPSA) is 83.8 Å². The lowest BCUT2D eigenvalue weighted by Gasteiger charge is -2.58. The van der Waals surface area contributed by atoms with Gasteiger partial charge < -0.3 is 14.9 Å². The number of aliphatic hydroxyl groups is 1. The Kier molecular flexibility index (Phi) is 4.63. The molecule has 4 rings (SSSR count). The summed E-state index contributed by atoms with van der Waals surface area (Å²) in [6.07, 6.45) is 9.98. The van der Waals surface area contributed by atoms with Gasteiger partial charge in [0.25, 0.3) is 0 Å². The van der Waals surface area contributed by atoms with E-state index in [9.17, 15) is 19.8 Å². The van der Waals surface area contributed by atoms with Crippen molar-refractivity contribution in [1.29, 1.82) is 0 Å². The molecular weight excluding hydrogens is 356 g/mol. The average molecular weight is 389 g/mol. The quantitative estimate of drug-likeness (QED) is 0.770. The highest BCUT2D eigenvalue weighted by Gasteiger charge is 2.67. The molecule has 3 fully saturated rings. The standard InChI is InChI=1S/C23H32O5/c1-14(24)13-28-23(20(26)27)11-8-19-17-5-4-15-12-16(25)6-9-21(15,2)18(17)7-10-22(19,23)3/h6,9,12,14,17-19,24H,4-5,7-8,10-11,13H2,1-3H3,(H,26,27)/t14?,17-,18+,19+,21+,22+,23+/m1/s1. The second-order valence-electron chi connectivity index (χ2n) is 9.89. The van der Waals surface area contributed by atoms with Gasteiger partial charge in [-0.15, -0.1) is 0 Å². The fraction of sp³-hybridized carbons (Fsp3) is 0.739. The second-order valence-corrected chi connectivity index (χ2v) is 9.89. The molecule has 7 atom stereocenters. The molecule has 5 nitrogen and oxygen atoms in total. The largest absolute Gasteiger partial charge is 0.479 e. The Morgan fingerprint density at radius 1 is 1.25 bits per heavy atom. The molecule has 1 unspecified atom stereocenters. The van der Waals surface area contributed by atoms with Crippen molar-refractivity contribution < 1.29 is 24.5 Å². The van der Waals surface area contributed by atoms with E-state index in [0.29, 0.717) is 24.2 Å². The Labute approximate surface area is 166 Å². The van der Waals surface area contributed by atoms with E-state index in [4.69, 9.17) is 4.74 Å². The van der Waals surface area contributed by atoms with Gasteiger partial charge in [-0.1, -0.05) is 25.5 Å². The molecule has 0 aromatic rings. The summed E-state index contributed by atoms with van der Waals surface area (Å²) in [6.45, 7) is 6.04. The van der Waals surface area contributed by atoms with Crippen LogP contribution in [0.3, 0.4) is 0 Å². The van der Waals surface area contributed by atoms with Gasteiger partial charge in [-0.25, -0.2) is 4.79 Å². The molecule has 0 aromatic heterocycles. The molecule has 0 saturated heterocycles. The zero-order valence-electron chi connectivity index (χ0n) is 17.1. The average Bonchev–Trinajstić information content (AvgIpc) is 2.94. The Morgan fingerprint density at radius 2 is 1.96 bits per heavy atom. The van der Waals surface area contributed by atoms with Crippen molar-refractivity contribution in [1.82, 2.24) is 0 Å². The molecule has 0 heterocycles. The lowest BCUT2D eigenvalue weighted by molar-refractivity contribution is -0.199. The number of carboxylic acid groups (broad SMARTS) is 1. The molecule has 5 heteroatoms. The maximum absolute atomic E-state index is 12.4. The van der Waals surface area contributed by atoms with E-state index in [2.05, 4.69) is 19.9 Å². The van der Waals surface area contributed by atoms with Crippen molar-refractivity contribution in [3.63, 3.8) is 0 Å². The van der Waals surface area contributed by atoms with Crippen molar-refractivity contribution in [2.75, 3.05) is 6.61 Å². The van der Waals surface area contributed by atoms with Crippen LogP contribution in [0.5, 0.6) is 0 Å². The second kappa shape index (κ2) is 6.53. The molecule has 0 radical (unpaired) electrons. The van der Waals surface area contributed by atoms with Gasteiger partial charge in [0.1, 0.15) is 0 Å². The molecule has 0 amide bonds. The number of hydrogen-bond acceptors (Lipinski definition) is 4. The minimum absolute atomic E-state index is 0.0537. The van der Waals surface area contributed by atoms with Crippen molar-refractivity contribution in [3.05, 3.63) is 23.8 Å². The minimum atomic E-state index is -1.21. The Morgan fingerprint density at radius 3 is 2.64 bits per heavy atom. The summed E-state index contributed by atoms with van der Waals surface area (Å²) >= 11 is 0. The molecular formula is C23H32O5. The summed E-state index contributed by atoms with van der Waals surface area (Å²) in [4.78, 5) is 24.3. The van der Waals surface area contributed by atoms with Crippen LogP contribution in [0.1, 0.15) is 59.3 Å². The molecule has 4 aliphatic rings. The SMILES string of the molecule is CC(O)CO[C@]1(C(=O)O)CC[C@H]2[C@@H]3CCC4=CC(=O)C=C[C@]4(C)[C@H]3CC[C@@]21C. The highest BCUT2D eigenvalue weighted by molar-refractivity contribution is 6.01. The highest BCUT2D eigenvalue weighted by atomic mass is 16.5. The third-order valence-electron chi connectivity index (χ3n) is 8.59. The Balaban J connectivity index is 1.67. The number of hydrogen-bond donors (Lipinski definition) is 2. The van der Waals surface area contributed by atoms with E-state index in [0.717, 1.165) is 32.1 Å². The highest BCUT2D eigenvalue weighted by Crippen LogP contribution is 2.67. The van der Waals surface area contributed by atoms with Gasteiger partial charge >= 0.3 is 5.97 Å². The first-order valence-corrected chi connectivity index (χ1v) is 10.6. The van der Waals surface area contributed by atoms with Crippen molar-refractivity contribution in [2.45, 2.75) is 71.0 Å². The maximum Gasteiger partial charge on any atom is 0.336 e. The van der Waals surface area contributed by atoms with E-state index in [-0.39, 0.29) is 17.8 Å². The Bertz CT molecular complexity index is 752. The van der Waals surface area contributed by atoms with Crippen LogP contribution >= 0.6 is 0 Å². The zero-order valence-corrected chi connectivity index (χ0v) is 17.1. The van der Waals surface area contributed by atoms with Crippen molar-refractivity contribution >= 4 is 11.8 Å². The molecule has 28 heavy (non-hydrogen) atoms. The van der Waals surface area contributed by atoms with Gasteiger partial charge in [0.15, 0.2) is 11.4 Å². The van der Waals surface area contributed by atoms with Crippen LogP contribution in [-0.4, -0.2) is 40.3 Å². The van der Waals surface area contributed by atoms with Crippen LogP contribution in [0.15, 0.2) is 23.8 Å². The van der Waals surface area contributed by atoms with Crippen LogP contribution in [0.25, 0.3) is 0 Å². The summed E-state index contributed by atoms with van der Waals surface area (Å²) < 4.78 is 5.99. The number of ketones is 1. The zero-order chi connectivity index (χ0) is 20.3. The monoisotopic (exact) mass is 388 g/mol.